The summed E-state index contributed by atoms with van der Waals surface area (Å²) in [6.07, 6.45) is -1.66. The number of alkyl halides is 3. The lowest BCUT2D eigenvalue weighted by Crippen LogP contribution is -2.33. The number of hydrogen-bond donors (Lipinski definition) is 1. The number of benzene rings is 2. The van der Waals surface area contributed by atoms with Gasteiger partial charge in [-0.25, -0.2) is 0 Å². The minimum Gasteiger partial charge on any atom is -0.315 e. The topological polar surface area (TPSA) is 28.2 Å². The van der Waals surface area contributed by atoms with Crippen molar-refractivity contribution in [2.75, 3.05) is 26.2 Å². The molecule has 2 aromatic carbocycles. The van der Waals surface area contributed by atoms with Crippen molar-refractivity contribution in [2.45, 2.75) is 18.6 Å². The standard InChI is InChI=1S/C22H22F3N3/c23-22(24,25)17-6-3-5-16(15-17)21(28-13-4-10-26-12-14-28)19-9-11-27-20-8-2-1-7-18(19)20/h1-3,5-9,11,15,21,26H,4,10,12-14H2. The first-order chi connectivity index (χ1) is 13.5. The van der Waals surface area contributed by atoms with Crippen LogP contribution >= 0.6 is 0 Å². The van der Waals surface area contributed by atoms with E-state index in [1.165, 1.54) is 12.1 Å². The molecule has 28 heavy (non-hydrogen) atoms. The molecule has 0 saturated carbocycles. The van der Waals surface area contributed by atoms with E-state index in [2.05, 4.69) is 15.2 Å². The molecule has 6 heteroatoms. The average Bonchev–Trinajstić information content (AvgIpc) is 2.97. The summed E-state index contributed by atoms with van der Waals surface area (Å²) >= 11 is 0. The molecule has 4 rings (SSSR count). The summed E-state index contributed by atoms with van der Waals surface area (Å²) in [5.74, 6) is 0. The lowest BCUT2D eigenvalue weighted by molar-refractivity contribution is -0.137. The molecule has 0 amide bonds. The van der Waals surface area contributed by atoms with Gasteiger partial charge in [0.15, 0.2) is 0 Å². The maximum absolute atomic E-state index is 13.4. The number of para-hydroxylation sites is 1. The normalized spacial score (nSPS) is 17.4. The van der Waals surface area contributed by atoms with Gasteiger partial charge in [-0.15, -0.1) is 0 Å². The Labute approximate surface area is 162 Å². The van der Waals surface area contributed by atoms with Crippen LogP contribution in [-0.4, -0.2) is 36.1 Å². The van der Waals surface area contributed by atoms with Crippen molar-refractivity contribution in [3.05, 3.63) is 77.5 Å². The fourth-order valence-electron chi connectivity index (χ4n) is 3.95. The summed E-state index contributed by atoms with van der Waals surface area (Å²) in [5.41, 5.74) is 1.89. The zero-order valence-electron chi connectivity index (χ0n) is 15.4. The van der Waals surface area contributed by atoms with Gasteiger partial charge in [0, 0.05) is 31.2 Å². The van der Waals surface area contributed by atoms with Gasteiger partial charge in [-0.3, -0.25) is 9.88 Å². The van der Waals surface area contributed by atoms with Crippen molar-refractivity contribution in [1.29, 1.82) is 0 Å². The summed E-state index contributed by atoms with van der Waals surface area (Å²) in [6, 6.07) is 15.2. The molecule has 1 aromatic heterocycles. The number of hydrogen-bond acceptors (Lipinski definition) is 3. The largest absolute Gasteiger partial charge is 0.416 e. The quantitative estimate of drug-likeness (QED) is 0.712. The molecule has 0 aliphatic carbocycles. The molecule has 0 spiro atoms. The second-order valence-corrected chi connectivity index (χ2v) is 7.08. The number of halogens is 3. The minimum atomic E-state index is -4.36. The second kappa shape index (κ2) is 7.89. The van der Waals surface area contributed by atoms with Gasteiger partial charge in [0.2, 0.25) is 0 Å². The van der Waals surface area contributed by atoms with E-state index in [9.17, 15) is 13.2 Å². The van der Waals surface area contributed by atoms with Crippen molar-refractivity contribution in [1.82, 2.24) is 15.2 Å². The molecular weight excluding hydrogens is 363 g/mol. The van der Waals surface area contributed by atoms with Gasteiger partial charge in [0.25, 0.3) is 0 Å². The Morgan fingerprint density at radius 1 is 0.964 bits per heavy atom. The first-order valence-electron chi connectivity index (χ1n) is 9.49. The van der Waals surface area contributed by atoms with Gasteiger partial charge in [-0.2, -0.15) is 13.2 Å². The van der Waals surface area contributed by atoms with Crippen LogP contribution in [0.5, 0.6) is 0 Å². The number of nitrogens with zero attached hydrogens (tertiary/aromatic N) is 2. The van der Waals surface area contributed by atoms with Crippen LogP contribution in [0.15, 0.2) is 60.8 Å². The number of nitrogens with one attached hydrogen (secondary N) is 1. The lowest BCUT2D eigenvalue weighted by atomic mass is 9.93. The molecule has 0 radical (unpaired) electrons. The Morgan fingerprint density at radius 2 is 1.82 bits per heavy atom. The fourth-order valence-corrected chi connectivity index (χ4v) is 3.95. The highest BCUT2D eigenvalue weighted by Gasteiger charge is 2.32. The number of fused-ring (bicyclic) bond motifs is 1. The molecule has 1 aliphatic rings. The third-order valence-corrected chi connectivity index (χ3v) is 5.25. The molecule has 1 aliphatic heterocycles. The summed E-state index contributed by atoms with van der Waals surface area (Å²) < 4.78 is 40.1. The van der Waals surface area contributed by atoms with Crippen molar-refractivity contribution >= 4 is 10.9 Å². The summed E-state index contributed by atoms with van der Waals surface area (Å²) in [7, 11) is 0. The fraction of sp³-hybridized carbons (Fsp3) is 0.318. The molecule has 1 atom stereocenters. The molecule has 2 heterocycles. The molecule has 1 fully saturated rings. The van der Waals surface area contributed by atoms with Crippen molar-refractivity contribution < 1.29 is 13.2 Å². The van der Waals surface area contributed by atoms with Gasteiger partial charge >= 0.3 is 6.18 Å². The summed E-state index contributed by atoms with van der Waals surface area (Å²) in [5, 5.41) is 4.35. The first-order valence-corrected chi connectivity index (χ1v) is 9.49. The Kier molecular flexibility index (Phi) is 5.33. The van der Waals surface area contributed by atoms with Crippen LogP contribution in [0.2, 0.25) is 0 Å². The lowest BCUT2D eigenvalue weighted by Gasteiger charge is -2.32. The predicted molar refractivity (Wildman–Crippen MR) is 104 cm³/mol. The molecule has 146 valence electrons. The minimum absolute atomic E-state index is 0.255. The van der Waals surface area contributed by atoms with Gasteiger partial charge < -0.3 is 5.32 Å². The Balaban J connectivity index is 1.87. The van der Waals surface area contributed by atoms with Crippen LogP contribution in [0, 0.1) is 0 Å². The zero-order chi connectivity index (χ0) is 19.6. The van der Waals surface area contributed by atoms with Gasteiger partial charge in [0.05, 0.1) is 17.1 Å². The molecule has 1 N–H and O–H groups in total. The molecule has 0 bridgehead atoms. The van der Waals surface area contributed by atoms with Gasteiger partial charge in [0.1, 0.15) is 0 Å². The van der Waals surface area contributed by atoms with E-state index < -0.39 is 11.7 Å². The Morgan fingerprint density at radius 3 is 2.68 bits per heavy atom. The van der Waals surface area contributed by atoms with Crippen LogP contribution in [-0.2, 0) is 6.18 Å². The monoisotopic (exact) mass is 385 g/mol. The van der Waals surface area contributed by atoms with E-state index in [-0.39, 0.29) is 6.04 Å². The van der Waals surface area contributed by atoms with E-state index in [0.717, 1.165) is 55.1 Å². The maximum atomic E-state index is 13.4. The third-order valence-electron chi connectivity index (χ3n) is 5.25. The van der Waals surface area contributed by atoms with Crippen LogP contribution in [0.1, 0.15) is 29.2 Å². The number of rotatable bonds is 3. The maximum Gasteiger partial charge on any atom is 0.416 e. The predicted octanol–water partition coefficient (Wildman–Crippen LogP) is 4.64. The molecule has 3 aromatic rings. The molecule has 1 saturated heterocycles. The van der Waals surface area contributed by atoms with Crippen molar-refractivity contribution in [3.8, 4) is 0 Å². The average molecular weight is 385 g/mol. The van der Waals surface area contributed by atoms with E-state index in [1.54, 1.807) is 12.3 Å². The van der Waals surface area contributed by atoms with Crippen LogP contribution in [0.4, 0.5) is 13.2 Å². The Bertz CT molecular complexity index is 942. The van der Waals surface area contributed by atoms with E-state index >= 15 is 0 Å². The second-order valence-electron chi connectivity index (χ2n) is 7.08. The van der Waals surface area contributed by atoms with Crippen LogP contribution in [0.3, 0.4) is 0 Å². The zero-order valence-corrected chi connectivity index (χ0v) is 15.4. The van der Waals surface area contributed by atoms with Crippen LogP contribution < -0.4 is 5.32 Å². The molecule has 3 nitrogen and oxygen atoms in total. The van der Waals surface area contributed by atoms with Crippen molar-refractivity contribution in [2.24, 2.45) is 0 Å². The van der Waals surface area contributed by atoms with Gasteiger partial charge in [-0.05, 0) is 48.4 Å². The van der Waals surface area contributed by atoms with E-state index in [4.69, 9.17) is 0 Å². The van der Waals surface area contributed by atoms with E-state index in [1.807, 2.05) is 30.3 Å². The van der Waals surface area contributed by atoms with E-state index in [0.29, 0.717) is 5.56 Å². The smallest absolute Gasteiger partial charge is 0.315 e. The summed E-state index contributed by atoms with van der Waals surface area (Å²) in [6.45, 7) is 3.34. The highest BCUT2D eigenvalue weighted by molar-refractivity contribution is 5.82. The molecule has 1 unspecified atom stereocenters. The summed E-state index contributed by atoms with van der Waals surface area (Å²) in [4.78, 5) is 6.70. The molecular formula is C22H22F3N3. The first kappa shape index (κ1) is 18.9. The number of pyridine rings is 1. The van der Waals surface area contributed by atoms with Crippen molar-refractivity contribution in [3.63, 3.8) is 0 Å². The highest BCUT2D eigenvalue weighted by atomic mass is 19.4. The Hall–Kier alpha value is -2.44. The SMILES string of the molecule is FC(F)(F)c1cccc(C(c2ccnc3ccccc23)N2CCCNCC2)c1. The third kappa shape index (κ3) is 3.88. The highest BCUT2D eigenvalue weighted by Crippen LogP contribution is 2.36. The number of aromatic nitrogens is 1. The van der Waals surface area contributed by atoms with Crippen LogP contribution in [0.25, 0.3) is 10.9 Å². The van der Waals surface area contributed by atoms with Gasteiger partial charge in [-0.1, -0.05) is 30.3 Å².